The first kappa shape index (κ1) is 15.4. The van der Waals surface area contributed by atoms with Gasteiger partial charge in [0.15, 0.2) is 0 Å². The van der Waals surface area contributed by atoms with Gasteiger partial charge in [0.25, 0.3) is 0 Å². The molecule has 0 bridgehead atoms. The van der Waals surface area contributed by atoms with E-state index >= 15 is 0 Å². The van der Waals surface area contributed by atoms with Crippen LogP contribution in [-0.4, -0.2) is 4.57 Å². The van der Waals surface area contributed by atoms with Crippen molar-refractivity contribution in [1.29, 1.82) is 0 Å². The van der Waals surface area contributed by atoms with Crippen molar-refractivity contribution in [3.63, 3.8) is 0 Å². The maximum absolute atomic E-state index is 3.92. The Labute approximate surface area is 160 Å². The molecule has 0 saturated carbocycles. The molecular weight excluding hydrogens is 382 g/mol. The average Bonchev–Trinajstić information content (AvgIpc) is 3.05. The molecule has 0 unspecified atom stereocenters. The smallest absolute Gasteiger partial charge is 0.0689 e. The maximum Gasteiger partial charge on any atom is 0.0689 e. The van der Waals surface area contributed by atoms with Gasteiger partial charge in [0.2, 0.25) is 0 Å². The Balaban J connectivity index is 1.94. The summed E-state index contributed by atoms with van der Waals surface area (Å²) in [6, 6.07) is 34.1. The highest BCUT2D eigenvalue weighted by atomic mass is 79.9. The van der Waals surface area contributed by atoms with Crippen molar-refractivity contribution in [3.05, 3.63) is 102 Å². The van der Waals surface area contributed by atoms with Crippen molar-refractivity contribution in [1.82, 2.24) is 4.57 Å². The molecule has 0 aliphatic heterocycles. The van der Waals surface area contributed by atoms with Gasteiger partial charge in [0.05, 0.1) is 15.5 Å². The topological polar surface area (TPSA) is 4.93 Å². The summed E-state index contributed by atoms with van der Waals surface area (Å²) in [5, 5.41) is 2.53. The molecule has 124 valence electrons. The number of rotatable bonds is 2. The number of halogens is 1. The van der Waals surface area contributed by atoms with Gasteiger partial charge >= 0.3 is 0 Å². The Morgan fingerprint density at radius 2 is 1.23 bits per heavy atom. The summed E-state index contributed by atoms with van der Waals surface area (Å²) < 4.78 is 3.47. The molecule has 1 aromatic heterocycles. The highest BCUT2D eigenvalue weighted by Crippen LogP contribution is 2.40. The predicted octanol–water partition coefficient (Wildman–Crippen LogP) is 7.21. The molecule has 5 rings (SSSR count). The molecule has 26 heavy (non-hydrogen) atoms. The predicted molar refractivity (Wildman–Crippen MR) is 114 cm³/mol. The second kappa shape index (κ2) is 6.15. The molecular formula is C24H16BrN. The van der Waals surface area contributed by atoms with E-state index in [2.05, 4.69) is 118 Å². The quantitative estimate of drug-likeness (QED) is 0.296. The normalized spacial score (nSPS) is 11.3. The van der Waals surface area contributed by atoms with Gasteiger partial charge in [-0.05, 0) is 45.3 Å². The van der Waals surface area contributed by atoms with Crippen LogP contribution in [0.25, 0.3) is 38.6 Å². The molecule has 1 heterocycles. The molecule has 0 aliphatic carbocycles. The summed E-state index contributed by atoms with van der Waals surface area (Å²) in [5.74, 6) is 0. The molecule has 0 N–H and O–H groups in total. The first-order valence-corrected chi connectivity index (χ1v) is 9.46. The van der Waals surface area contributed by atoms with E-state index in [0.29, 0.717) is 0 Å². The lowest BCUT2D eigenvalue weighted by Crippen LogP contribution is -1.94. The number of fused-ring (bicyclic) bond motifs is 3. The minimum absolute atomic E-state index is 1.13. The van der Waals surface area contributed by atoms with E-state index in [4.69, 9.17) is 0 Å². The van der Waals surface area contributed by atoms with Gasteiger partial charge in [-0.25, -0.2) is 0 Å². The largest absolute Gasteiger partial charge is 0.308 e. The van der Waals surface area contributed by atoms with Gasteiger partial charge < -0.3 is 4.57 Å². The molecule has 4 aromatic carbocycles. The molecule has 0 spiro atoms. The summed E-state index contributed by atoms with van der Waals surface area (Å²) in [6.07, 6.45) is 0. The van der Waals surface area contributed by atoms with Gasteiger partial charge in [-0.3, -0.25) is 0 Å². The van der Waals surface area contributed by atoms with E-state index in [9.17, 15) is 0 Å². The average molecular weight is 398 g/mol. The van der Waals surface area contributed by atoms with Crippen LogP contribution in [-0.2, 0) is 0 Å². The summed E-state index contributed by atoms with van der Waals surface area (Å²) in [4.78, 5) is 0. The van der Waals surface area contributed by atoms with Crippen LogP contribution >= 0.6 is 15.9 Å². The second-order valence-corrected chi connectivity index (χ2v) is 7.17. The number of benzene rings is 4. The lowest BCUT2D eigenvalue weighted by Gasteiger charge is -2.11. The molecule has 0 fully saturated rings. The van der Waals surface area contributed by atoms with Crippen molar-refractivity contribution >= 4 is 37.7 Å². The number of para-hydroxylation sites is 2. The van der Waals surface area contributed by atoms with Crippen molar-refractivity contribution in [2.24, 2.45) is 0 Å². The van der Waals surface area contributed by atoms with Crippen molar-refractivity contribution in [2.75, 3.05) is 0 Å². The lowest BCUT2D eigenvalue weighted by atomic mass is 10.0. The number of aromatic nitrogens is 1. The van der Waals surface area contributed by atoms with E-state index in [1.807, 2.05) is 0 Å². The zero-order chi connectivity index (χ0) is 17.5. The van der Waals surface area contributed by atoms with Crippen molar-refractivity contribution in [2.45, 2.75) is 0 Å². The highest BCUT2D eigenvalue weighted by Gasteiger charge is 2.17. The van der Waals surface area contributed by atoms with Crippen LogP contribution in [0.15, 0.2) is 102 Å². The van der Waals surface area contributed by atoms with Crippen LogP contribution in [0.2, 0.25) is 0 Å². The first-order chi connectivity index (χ1) is 12.8. The Bertz CT molecular complexity index is 1220. The SMILES string of the molecule is Brc1c(-c2ccccc2)ccc2c3ccccc3n(-c3ccccc3)c12. The maximum atomic E-state index is 3.92. The summed E-state index contributed by atoms with van der Waals surface area (Å²) in [5.41, 5.74) is 6.02. The Hall–Kier alpha value is -2.84. The fourth-order valence-corrected chi connectivity index (χ4v) is 4.46. The number of hydrogen-bond acceptors (Lipinski definition) is 0. The van der Waals surface area contributed by atoms with Crippen LogP contribution in [0.1, 0.15) is 0 Å². The third-order valence-electron chi connectivity index (χ3n) is 4.87. The highest BCUT2D eigenvalue weighted by molar-refractivity contribution is 9.10. The monoisotopic (exact) mass is 397 g/mol. The van der Waals surface area contributed by atoms with Gasteiger partial charge in [0, 0.05) is 16.5 Å². The standard InChI is InChI=1S/C24H16BrN/c25-23-19(17-9-3-1-4-10-17)15-16-21-20-13-7-8-14-22(20)26(24(21)23)18-11-5-2-6-12-18/h1-16H. The van der Waals surface area contributed by atoms with E-state index in [1.54, 1.807) is 0 Å². The third kappa shape index (κ3) is 2.30. The summed E-state index contributed by atoms with van der Waals surface area (Å²) in [7, 11) is 0. The zero-order valence-electron chi connectivity index (χ0n) is 14.1. The molecule has 2 heteroatoms. The molecule has 0 saturated heterocycles. The van der Waals surface area contributed by atoms with E-state index in [-0.39, 0.29) is 0 Å². The van der Waals surface area contributed by atoms with Crippen LogP contribution in [0.4, 0.5) is 0 Å². The minimum Gasteiger partial charge on any atom is -0.308 e. The fraction of sp³-hybridized carbons (Fsp3) is 0. The number of nitrogens with zero attached hydrogens (tertiary/aromatic N) is 1. The van der Waals surface area contributed by atoms with Gasteiger partial charge in [-0.1, -0.05) is 78.9 Å². The van der Waals surface area contributed by atoms with E-state index in [1.165, 1.54) is 38.6 Å². The van der Waals surface area contributed by atoms with Crippen LogP contribution in [0.5, 0.6) is 0 Å². The second-order valence-electron chi connectivity index (χ2n) is 6.38. The molecule has 5 aromatic rings. The summed E-state index contributed by atoms with van der Waals surface area (Å²) in [6.45, 7) is 0. The lowest BCUT2D eigenvalue weighted by molar-refractivity contribution is 1.18. The van der Waals surface area contributed by atoms with Gasteiger partial charge in [-0.15, -0.1) is 0 Å². The van der Waals surface area contributed by atoms with Crippen molar-refractivity contribution in [3.8, 4) is 16.8 Å². The minimum atomic E-state index is 1.13. The molecule has 0 amide bonds. The Morgan fingerprint density at radius 1 is 0.577 bits per heavy atom. The third-order valence-corrected chi connectivity index (χ3v) is 5.68. The first-order valence-electron chi connectivity index (χ1n) is 8.67. The zero-order valence-corrected chi connectivity index (χ0v) is 15.6. The Kier molecular flexibility index (Phi) is 3.65. The fourth-order valence-electron chi connectivity index (χ4n) is 3.70. The van der Waals surface area contributed by atoms with Crippen LogP contribution < -0.4 is 0 Å². The summed E-state index contributed by atoms with van der Waals surface area (Å²) >= 11 is 3.92. The van der Waals surface area contributed by atoms with E-state index in [0.717, 1.165) is 4.47 Å². The van der Waals surface area contributed by atoms with Crippen LogP contribution in [0.3, 0.4) is 0 Å². The van der Waals surface area contributed by atoms with Gasteiger partial charge in [-0.2, -0.15) is 0 Å². The Morgan fingerprint density at radius 3 is 2.00 bits per heavy atom. The van der Waals surface area contributed by atoms with Crippen LogP contribution in [0, 0.1) is 0 Å². The molecule has 0 aliphatic rings. The molecule has 1 nitrogen and oxygen atoms in total. The molecule has 0 atom stereocenters. The van der Waals surface area contributed by atoms with Crippen molar-refractivity contribution < 1.29 is 0 Å². The van der Waals surface area contributed by atoms with Gasteiger partial charge in [0.1, 0.15) is 0 Å². The van der Waals surface area contributed by atoms with E-state index < -0.39 is 0 Å². The number of hydrogen-bond donors (Lipinski definition) is 0. The molecule has 0 radical (unpaired) electrons.